The van der Waals surface area contributed by atoms with Gasteiger partial charge in [-0.05, 0) is 59.1 Å². The third kappa shape index (κ3) is 4.44. The third-order valence-electron chi connectivity index (χ3n) is 7.97. The standard InChI is InChI=1S/C37H20ClN5OS/c38-37-42-34(22-10-5-2-6-11-22)40-35(43-37)26-13-7-12-25-28-19-24(15-17-31(28)45-32(25)26)33-39-20-29-27-18-23(21-8-3-1-4-9-21)14-16-30(27)44-36(29)41-33/h1-20H. The van der Waals surface area contributed by atoms with E-state index in [1.807, 2.05) is 72.9 Å². The molecule has 0 aliphatic carbocycles. The Morgan fingerprint density at radius 1 is 0.533 bits per heavy atom. The van der Waals surface area contributed by atoms with E-state index in [0.717, 1.165) is 64.3 Å². The van der Waals surface area contributed by atoms with Crippen molar-refractivity contribution >= 4 is 65.2 Å². The molecule has 0 fully saturated rings. The Balaban J connectivity index is 1.13. The molecule has 0 aliphatic rings. The average Bonchev–Trinajstić information content (AvgIpc) is 3.66. The van der Waals surface area contributed by atoms with Crippen molar-refractivity contribution in [2.24, 2.45) is 0 Å². The molecule has 0 N–H and O–H groups in total. The van der Waals surface area contributed by atoms with Gasteiger partial charge in [0.1, 0.15) is 5.58 Å². The second-order valence-electron chi connectivity index (χ2n) is 10.7. The number of furan rings is 1. The molecule has 4 aromatic heterocycles. The van der Waals surface area contributed by atoms with Crippen LogP contribution in [0.3, 0.4) is 0 Å². The van der Waals surface area contributed by atoms with Gasteiger partial charge in [-0.15, -0.1) is 11.3 Å². The molecule has 0 atom stereocenters. The highest BCUT2D eigenvalue weighted by molar-refractivity contribution is 7.26. The van der Waals surface area contributed by atoms with Gasteiger partial charge < -0.3 is 4.42 Å². The number of rotatable bonds is 4. The Labute approximate surface area is 265 Å². The first kappa shape index (κ1) is 25.9. The molecular weight excluding hydrogens is 598 g/mol. The van der Waals surface area contributed by atoms with Crippen LogP contribution >= 0.6 is 22.9 Å². The molecule has 45 heavy (non-hydrogen) atoms. The smallest absolute Gasteiger partial charge is 0.230 e. The highest BCUT2D eigenvalue weighted by Crippen LogP contribution is 2.41. The predicted octanol–water partition coefficient (Wildman–Crippen LogP) is 10.3. The number of benzene rings is 5. The van der Waals surface area contributed by atoms with Crippen molar-refractivity contribution in [1.29, 1.82) is 0 Å². The second-order valence-corrected chi connectivity index (χ2v) is 12.1. The maximum Gasteiger partial charge on any atom is 0.230 e. The molecular formula is C37H20ClN5OS. The van der Waals surface area contributed by atoms with E-state index < -0.39 is 0 Å². The molecule has 0 bridgehead atoms. The lowest BCUT2D eigenvalue weighted by molar-refractivity contribution is 0.653. The van der Waals surface area contributed by atoms with Gasteiger partial charge >= 0.3 is 0 Å². The van der Waals surface area contributed by atoms with Crippen molar-refractivity contribution in [2.45, 2.75) is 0 Å². The van der Waals surface area contributed by atoms with Gasteiger partial charge in [-0.25, -0.2) is 9.97 Å². The van der Waals surface area contributed by atoms with Gasteiger partial charge in [0.05, 0.1) is 5.39 Å². The van der Waals surface area contributed by atoms with E-state index in [4.69, 9.17) is 31.0 Å². The Morgan fingerprint density at radius 3 is 2.13 bits per heavy atom. The molecule has 0 unspecified atom stereocenters. The summed E-state index contributed by atoms with van der Waals surface area (Å²) < 4.78 is 8.40. The van der Waals surface area contributed by atoms with E-state index in [1.54, 1.807) is 11.3 Å². The molecule has 0 saturated heterocycles. The first-order chi connectivity index (χ1) is 22.2. The maximum absolute atomic E-state index is 6.39. The Morgan fingerprint density at radius 2 is 1.29 bits per heavy atom. The van der Waals surface area contributed by atoms with Crippen LogP contribution < -0.4 is 0 Å². The quantitative estimate of drug-likeness (QED) is 0.195. The molecule has 4 heterocycles. The lowest BCUT2D eigenvalue weighted by Crippen LogP contribution is -1.97. The summed E-state index contributed by atoms with van der Waals surface area (Å²) in [4.78, 5) is 23.3. The molecule has 0 amide bonds. The first-order valence-corrected chi connectivity index (χ1v) is 15.6. The summed E-state index contributed by atoms with van der Waals surface area (Å²) in [6.07, 6.45) is 1.86. The van der Waals surface area contributed by atoms with E-state index in [2.05, 4.69) is 58.5 Å². The summed E-state index contributed by atoms with van der Waals surface area (Å²) in [6, 6.07) is 38.8. The van der Waals surface area contributed by atoms with Gasteiger partial charge in [0.15, 0.2) is 17.5 Å². The van der Waals surface area contributed by atoms with Gasteiger partial charge in [0.25, 0.3) is 0 Å². The van der Waals surface area contributed by atoms with E-state index in [-0.39, 0.29) is 5.28 Å². The highest BCUT2D eigenvalue weighted by Gasteiger charge is 2.17. The summed E-state index contributed by atoms with van der Waals surface area (Å²) in [5.74, 6) is 1.69. The van der Waals surface area contributed by atoms with Crippen molar-refractivity contribution in [2.75, 3.05) is 0 Å². The van der Waals surface area contributed by atoms with E-state index in [9.17, 15) is 0 Å². The number of halogens is 1. The van der Waals surface area contributed by atoms with Gasteiger partial charge in [-0.3, -0.25) is 0 Å². The molecule has 0 aliphatic heterocycles. The largest absolute Gasteiger partial charge is 0.438 e. The Kier molecular flexibility index (Phi) is 5.94. The van der Waals surface area contributed by atoms with Crippen LogP contribution in [0, 0.1) is 0 Å². The van der Waals surface area contributed by atoms with Crippen LogP contribution in [0.1, 0.15) is 0 Å². The summed E-state index contributed by atoms with van der Waals surface area (Å²) >= 11 is 8.09. The number of nitrogens with zero attached hydrogens (tertiary/aromatic N) is 5. The van der Waals surface area contributed by atoms with Crippen molar-refractivity contribution < 1.29 is 4.42 Å². The van der Waals surface area contributed by atoms with Gasteiger partial charge in [-0.2, -0.15) is 15.0 Å². The minimum atomic E-state index is 0.161. The molecule has 0 saturated carbocycles. The molecule has 9 aromatic rings. The molecule has 9 rings (SSSR count). The molecule has 0 radical (unpaired) electrons. The van der Waals surface area contributed by atoms with Crippen LogP contribution in [0.2, 0.25) is 5.28 Å². The Bertz CT molecular complexity index is 2560. The Hall–Kier alpha value is -5.50. The van der Waals surface area contributed by atoms with E-state index in [1.165, 1.54) is 0 Å². The van der Waals surface area contributed by atoms with Crippen LogP contribution in [0.15, 0.2) is 126 Å². The van der Waals surface area contributed by atoms with Crippen molar-refractivity contribution in [3.8, 4) is 45.3 Å². The topological polar surface area (TPSA) is 77.6 Å². The summed E-state index contributed by atoms with van der Waals surface area (Å²) in [5, 5.41) is 4.26. The van der Waals surface area contributed by atoms with Crippen LogP contribution in [-0.2, 0) is 0 Å². The predicted molar refractivity (Wildman–Crippen MR) is 182 cm³/mol. The fourth-order valence-electron chi connectivity index (χ4n) is 5.81. The molecule has 0 spiro atoms. The lowest BCUT2D eigenvalue weighted by Gasteiger charge is -2.06. The first-order valence-electron chi connectivity index (χ1n) is 14.4. The maximum atomic E-state index is 6.39. The number of fused-ring (bicyclic) bond motifs is 6. The van der Waals surface area contributed by atoms with Crippen LogP contribution in [-0.4, -0.2) is 24.9 Å². The minimum Gasteiger partial charge on any atom is -0.438 e. The van der Waals surface area contributed by atoms with Crippen molar-refractivity contribution in [3.05, 3.63) is 127 Å². The lowest BCUT2D eigenvalue weighted by atomic mass is 10.0. The number of hydrogen-bond donors (Lipinski definition) is 0. The number of aromatic nitrogens is 5. The third-order valence-corrected chi connectivity index (χ3v) is 9.36. The van der Waals surface area contributed by atoms with Gasteiger partial charge in [0.2, 0.25) is 11.0 Å². The summed E-state index contributed by atoms with van der Waals surface area (Å²) in [6.45, 7) is 0. The fourth-order valence-corrected chi connectivity index (χ4v) is 7.16. The normalized spacial score (nSPS) is 11.7. The van der Waals surface area contributed by atoms with E-state index >= 15 is 0 Å². The van der Waals surface area contributed by atoms with Gasteiger partial charge in [-0.1, -0.05) is 78.9 Å². The van der Waals surface area contributed by atoms with Crippen LogP contribution in [0.4, 0.5) is 0 Å². The summed E-state index contributed by atoms with van der Waals surface area (Å²) in [5.41, 5.74) is 6.34. The SMILES string of the molecule is Clc1nc(-c2ccccc2)nc(-c2cccc3c2sc2ccc(-c4ncc5c(n4)oc4ccc(-c6ccccc6)cc45)cc23)n1. The molecule has 5 aromatic carbocycles. The molecule has 8 heteroatoms. The average molecular weight is 618 g/mol. The summed E-state index contributed by atoms with van der Waals surface area (Å²) in [7, 11) is 0. The van der Waals surface area contributed by atoms with Crippen LogP contribution in [0.25, 0.3) is 87.5 Å². The number of hydrogen-bond acceptors (Lipinski definition) is 7. The van der Waals surface area contributed by atoms with E-state index in [0.29, 0.717) is 23.2 Å². The second kappa shape index (κ2) is 10.3. The monoisotopic (exact) mass is 617 g/mol. The highest BCUT2D eigenvalue weighted by atomic mass is 35.5. The molecule has 212 valence electrons. The van der Waals surface area contributed by atoms with Gasteiger partial charge in [0, 0.05) is 48.4 Å². The zero-order valence-electron chi connectivity index (χ0n) is 23.5. The zero-order chi connectivity index (χ0) is 29.9. The zero-order valence-corrected chi connectivity index (χ0v) is 25.0. The minimum absolute atomic E-state index is 0.161. The molecule has 6 nitrogen and oxygen atoms in total. The van der Waals surface area contributed by atoms with Crippen molar-refractivity contribution in [3.63, 3.8) is 0 Å². The number of thiophene rings is 1. The van der Waals surface area contributed by atoms with Crippen LogP contribution in [0.5, 0.6) is 0 Å². The van der Waals surface area contributed by atoms with Crippen molar-refractivity contribution in [1.82, 2.24) is 24.9 Å². The fraction of sp³-hybridized carbons (Fsp3) is 0.